The molecule has 1 atom stereocenters. The number of piperidine rings is 1. The fourth-order valence-electron chi connectivity index (χ4n) is 3.71. The van der Waals surface area contributed by atoms with Crippen LogP contribution in [0.5, 0.6) is 0 Å². The second-order valence-corrected chi connectivity index (χ2v) is 7.89. The second kappa shape index (κ2) is 9.30. The van der Waals surface area contributed by atoms with E-state index in [1.165, 1.54) is 0 Å². The number of carbonyl (C=O) groups is 1. The third-order valence-electron chi connectivity index (χ3n) is 5.24. The number of carbonyl (C=O) groups excluding carboxylic acids is 1. The Hall–Kier alpha value is -3.20. The van der Waals surface area contributed by atoms with Gasteiger partial charge in [-0.2, -0.15) is 0 Å². The van der Waals surface area contributed by atoms with Gasteiger partial charge in [-0.05, 0) is 24.8 Å². The fraction of sp³-hybridized carbons (Fsp3) is 0.333. The highest BCUT2D eigenvalue weighted by atomic mass is 35.5. The summed E-state index contributed by atoms with van der Waals surface area (Å²) in [5.74, 6) is 0.157. The maximum absolute atomic E-state index is 14.4. The molecule has 0 spiro atoms. The Bertz CT molecular complexity index is 1100. The van der Waals surface area contributed by atoms with Crippen molar-refractivity contribution in [2.24, 2.45) is 5.92 Å². The number of nitrogens with one attached hydrogen (secondary N) is 3. The molecule has 0 radical (unpaired) electrons. The van der Waals surface area contributed by atoms with Crippen molar-refractivity contribution < 1.29 is 9.18 Å². The van der Waals surface area contributed by atoms with E-state index < -0.39 is 5.82 Å². The summed E-state index contributed by atoms with van der Waals surface area (Å²) in [6.45, 7) is 5.85. The molecule has 0 aliphatic carbocycles. The van der Waals surface area contributed by atoms with Crippen molar-refractivity contribution in [1.82, 2.24) is 30.2 Å². The molecule has 3 N–H and O–H groups in total. The minimum absolute atomic E-state index is 0.105. The number of halogens is 2. The lowest BCUT2D eigenvalue weighted by Gasteiger charge is -2.32. The molecule has 0 bridgehead atoms. The quantitative estimate of drug-likeness (QED) is 0.503. The fourth-order valence-corrected chi connectivity index (χ4v) is 3.87. The number of fused-ring (bicyclic) bond motifs is 1. The highest BCUT2D eigenvalue weighted by molar-refractivity contribution is 6.31. The molecular formula is C21H23ClFN7O. The van der Waals surface area contributed by atoms with Crippen LogP contribution in [0.4, 0.5) is 15.0 Å². The molecule has 0 saturated carbocycles. The molecule has 0 aromatic carbocycles. The molecule has 1 unspecified atom stereocenters. The Morgan fingerprint density at radius 1 is 1.42 bits per heavy atom. The van der Waals surface area contributed by atoms with E-state index in [4.69, 9.17) is 11.6 Å². The maximum Gasteiger partial charge on any atom is 0.317 e. The molecule has 31 heavy (non-hydrogen) atoms. The summed E-state index contributed by atoms with van der Waals surface area (Å²) in [7, 11) is 0. The Morgan fingerprint density at radius 2 is 2.29 bits per heavy atom. The van der Waals surface area contributed by atoms with E-state index in [-0.39, 0.29) is 17.8 Å². The maximum atomic E-state index is 14.4. The molecular weight excluding hydrogens is 421 g/mol. The molecule has 3 aromatic heterocycles. The lowest BCUT2D eigenvalue weighted by atomic mass is 9.98. The molecule has 4 heterocycles. The smallest absolute Gasteiger partial charge is 0.317 e. The predicted molar refractivity (Wildman–Crippen MR) is 118 cm³/mol. The van der Waals surface area contributed by atoms with Crippen molar-refractivity contribution >= 4 is 34.5 Å². The largest absolute Gasteiger partial charge is 0.367 e. The van der Waals surface area contributed by atoms with Gasteiger partial charge in [0.15, 0.2) is 17.5 Å². The topological polar surface area (TPSA) is 98.8 Å². The monoisotopic (exact) mass is 443 g/mol. The number of likely N-dealkylation sites (tertiary alicyclic amines) is 1. The molecule has 4 rings (SSSR count). The first-order valence-corrected chi connectivity index (χ1v) is 10.5. The summed E-state index contributed by atoms with van der Waals surface area (Å²) in [5.41, 5.74) is 1.34. The van der Waals surface area contributed by atoms with Crippen molar-refractivity contribution in [3.05, 3.63) is 48.2 Å². The van der Waals surface area contributed by atoms with E-state index in [1.54, 1.807) is 29.4 Å². The summed E-state index contributed by atoms with van der Waals surface area (Å²) in [6.07, 6.45) is 7.92. The van der Waals surface area contributed by atoms with Gasteiger partial charge in [0.25, 0.3) is 0 Å². The van der Waals surface area contributed by atoms with Gasteiger partial charge in [-0.15, -0.1) is 6.58 Å². The van der Waals surface area contributed by atoms with E-state index in [0.717, 1.165) is 24.4 Å². The van der Waals surface area contributed by atoms with Crippen LogP contribution in [0.25, 0.3) is 22.4 Å². The highest BCUT2D eigenvalue weighted by Crippen LogP contribution is 2.28. The number of aromatic nitrogens is 4. The van der Waals surface area contributed by atoms with E-state index in [9.17, 15) is 9.18 Å². The lowest BCUT2D eigenvalue weighted by molar-refractivity contribution is 0.169. The number of hydrogen-bond donors (Lipinski definition) is 3. The molecule has 1 fully saturated rings. The van der Waals surface area contributed by atoms with Crippen LogP contribution in [0.3, 0.4) is 0 Å². The van der Waals surface area contributed by atoms with E-state index in [2.05, 4.69) is 37.1 Å². The van der Waals surface area contributed by atoms with Crippen molar-refractivity contribution in [1.29, 1.82) is 0 Å². The van der Waals surface area contributed by atoms with Crippen LogP contribution in [-0.4, -0.2) is 57.0 Å². The average molecular weight is 444 g/mol. The van der Waals surface area contributed by atoms with Crippen molar-refractivity contribution in [3.63, 3.8) is 0 Å². The third kappa shape index (κ3) is 4.77. The van der Waals surface area contributed by atoms with Crippen LogP contribution < -0.4 is 10.6 Å². The number of H-pyrrole nitrogens is 1. The van der Waals surface area contributed by atoms with Crippen LogP contribution in [0.2, 0.25) is 5.02 Å². The van der Waals surface area contributed by atoms with E-state index >= 15 is 0 Å². The zero-order chi connectivity index (χ0) is 21.8. The van der Waals surface area contributed by atoms with Gasteiger partial charge >= 0.3 is 6.03 Å². The number of hydrogen-bond acceptors (Lipinski definition) is 5. The standard InChI is InChI=1S/C21H23ClFN7O/c1-2-5-24-21(31)30-6-3-4-13(12-30)8-25-20-17(23)11-28-19(29-20)16-10-27-18-15(16)7-14(22)9-26-18/h2,7,9-11,13H,1,3-6,8,12H2,(H,24,31)(H,26,27)(H,25,28,29). The number of amides is 2. The second-order valence-electron chi connectivity index (χ2n) is 7.45. The molecule has 1 aliphatic rings. The first-order chi connectivity index (χ1) is 15.0. The van der Waals surface area contributed by atoms with Crippen molar-refractivity contribution in [3.8, 4) is 11.4 Å². The number of anilines is 1. The van der Waals surface area contributed by atoms with E-state index in [0.29, 0.717) is 48.2 Å². The van der Waals surface area contributed by atoms with Crippen LogP contribution >= 0.6 is 11.6 Å². The van der Waals surface area contributed by atoms with Gasteiger partial charge in [0, 0.05) is 49.5 Å². The molecule has 2 amide bonds. The van der Waals surface area contributed by atoms with Gasteiger partial charge in [0.2, 0.25) is 0 Å². The summed E-state index contributed by atoms with van der Waals surface area (Å²) < 4.78 is 14.4. The van der Waals surface area contributed by atoms with Gasteiger partial charge < -0.3 is 20.5 Å². The first kappa shape index (κ1) is 21.0. The molecule has 1 aliphatic heterocycles. The van der Waals surface area contributed by atoms with Gasteiger partial charge in [-0.1, -0.05) is 17.7 Å². The third-order valence-corrected chi connectivity index (χ3v) is 5.45. The average Bonchev–Trinajstić information content (AvgIpc) is 3.20. The Labute approximate surface area is 183 Å². The molecule has 1 saturated heterocycles. The van der Waals surface area contributed by atoms with Gasteiger partial charge in [-0.3, -0.25) is 0 Å². The number of aromatic amines is 1. The molecule has 162 valence electrons. The highest BCUT2D eigenvalue weighted by Gasteiger charge is 2.24. The van der Waals surface area contributed by atoms with Crippen LogP contribution in [-0.2, 0) is 0 Å². The Kier molecular flexibility index (Phi) is 6.31. The Balaban J connectivity index is 1.46. The number of urea groups is 1. The van der Waals surface area contributed by atoms with Crippen molar-refractivity contribution in [2.45, 2.75) is 12.8 Å². The summed E-state index contributed by atoms with van der Waals surface area (Å²) in [4.78, 5) is 29.8. The zero-order valence-electron chi connectivity index (χ0n) is 16.9. The molecule has 3 aromatic rings. The van der Waals surface area contributed by atoms with Crippen LogP contribution in [0.15, 0.2) is 37.3 Å². The summed E-state index contributed by atoms with van der Waals surface area (Å²) in [5, 5.41) is 7.15. The minimum Gasteiger partial charge on any atom is -0.367 e. The van der Waals surface area contributed by atoms with Crippen molar-refractivity contribution in [2.75, 3.05) is 31.5 Å². The first-order valence-electron chi connectivity index (χ1n) is 10.1. The predicted octanol–water partition coefficient (Wildman–Crippen LogP) is 3.83. The number of pyridine rings is 1. The summed E-state index contributed by atoms with van der Waals surface area (Å²) >= 11 is 6.06. The van der Waals surface area contributed by atoms with Gasteiger partial charge in [0.1, 0.15) is 5.65 Å². The number of rotatable bonds is 6. The van der Waals surface area contributed by atoms with Gasteiger partial charge in [0.05, 0.1) is 11.2 Å². The Morgan fingerprint density at radius 3 is 3.13 bits per heavy atom. The summed E-state index contributed by atoms with van der Waals surface area (Å²) in [6, 6.07) is 1.66. The SMILES string of the molecule is C=CCNC(=O)N1CCCC(CNc2nc(-c3c[nH]c4ncc(Cl)cc34)ncc2F)C1. The molecule has 8 nitrogen and oxygen atoms in total. The normalized spacial score (nSPS) is 16.3. The lowest BCUT2D eigenvalue weighted by Crippen LogP contribution is -2.46. The van der Waals surface area contributed by atoms with Crippen LogP contribution in [0, 0.1) is 11.7 Å². The number of nitrogens with zero attached hydrogens (tertiary/aromatic N) is 4. The minimum atomic E-state index is -0.531. The molecule has 10 heteroatoms. The van der Waals surface area contributed by atoms with Crippen LogP contribution in [0.1, 0.15) is 12.8 Å². The van der Waals surface area contributed by atoms with Gasteiger partial charge in [-0.25, -0.2) is 24.1 Å². The van der Waals surface area contributed by atoms with E-state index in [1.807, 2.05) is 0 Å². The zero-order valence-corrected chi connectivity index (χ0v) is 17.6.